The Labute approximate surface area is 142 Å². The maximum Gasteiger partial charge on any atom is 0.101 e. The molecule has 3 rings (SSSR count). The van der Waals surface area contributed by atoms with Crippen molar-refractivity contribution in [2.24, 2.45) is 0 Å². The molecule has 4 nitrogen and oxygen atoms in total. The lowest BCUT2D eigenvalue weighted by molar-refractivity contribution is -0.00513. The summed E-state index contributed by atoms with van der Waals surface area (Å²) in [5.41, 5.74) is 2.53. The van der Waals surface area contributed by atoms with Crippen molar-refractivity contribution in [3.05, 3.63) is 36.0 Å². The number of rotatable bonds is 1. The van der Waals surface area contributed by atoms with Gasteiger partial charge in [0.2, 0.25) is 0 Å². The highest BCUT2D eigenvalue weighted by Crippen LogP contribution is 2.30. The monoisotopic (exact) mass is 339 g/mol. The summed E-state index contributed by atoms with van der Waals surface area (Å²) in [6.07, 6.45) is 2.15. The van der Waals surface area contributed by atoms with Crippen molar-refractivity contribution in [1.29, 1.82) is 5.26 Å². The summed E-state index contributed by atoms with van der Waals surface area (Å²) in [5, 5.41) is 10.2. The van der Waals surface area contributed by atoms with Crippen LogP contribution in [0.25, 0.3) is 10.9 Å². The standard InChI is InChI=1S/C16H17N3O.2ClH/c1-11-9-19(10-12(2)20-11)15-6-5-13(8-17)16-14(15)4-3-7-18-16;;/h3-7,11-12H,9-10H2,1-2H3;2*1H/t11-,12+;;. The number of nitriles is 1. The Balaban J connectivity index is 0.00000121. The predicted octanol–water partition coefficient (Wildman–Crippen LogP) is 3.56. The number of aromatic nitrogens is 1. The molecule has 22 heavy (non-hydrogen) atoms. The Morgan fingerprint density at radius 2 is 1.86 bits per heavy atom. The van der Waals surface area contributed by atoms with Gasteiger partial charge in [-0.2, -0.15) is 5.26 Å². The Kier molecular flexibility index (Phi) is 6.43. The third kappa shape index (κ3) is 3.44. The molecular formula is C16H19Cl2N3O. The van der Waals surface area contributed by atoms with Gasteiger partial charge in [-0.1, -0.05) is 0 Å². The van der Waals surface area contributed by atoms with Gasteiger partial charge in [0, 0.05) is 30.4 Å². The normalized spacial score (nSPS) is 20.7. The fourth-order valence-electron chi connectivity index (χ4n) is 2.90. The SMILES string of the molecule is C[C@@H]1CN(c2ccc(C#N)c3ncccc23)C[C@H](C)O1.Cl.Cl. The lowest BCUT2D eigenvalue weighted by Crippen LogP contribution is -2.45. The average molecular weight is 340 g/mol. The number of benzene rings is 1. The summed E-state index contributed by atoms with van der Waals surface area (Å²) < 4.78 is 5.79. The molecule has 1 aromatic carbocycles. The van der Waals surface area contributed by atoms with Crippen LogP contribution in [0.1, 0.15) is 19.4 Å². The number of nitrogens with zero attached hydrogens (tertiary/aromatic N) is 3. The second-order valence-electron chi connectivity index (χ2n) is 5.31. The van der Waals surface area contributed by atoms with Crippen molar-refractivity contribution in [3.8, 4) is 6.07 Å². The third-order valence-corrected chi connectivity index (χ3v) is 3.63. The zero-order valence-electron chi connectivity index (χ0n) is 12.5. The van der Waals surface area contributed by atoms with E-state index in [9.17, 15) is 5.26 Å². The molecule has 2 heterocycles. The van der Waals surface area contributed by atoms with Crippen LogP contribution in [0.4, 0.5) is 5.69 Å². The molecule has 2 aromatic rings. The van der Waals surface area contributed by atoms with Gasteiger partial charge in [0.15, 0.2) is 0 Å². The van der Waals surface area contributed by atoms with E-state index in [1.807, 2.05) is 24.3 Å². The molecule has 1 aromatic heterocycles. The van der Waals surface area contributed by atoms with Crippen LogP contribution < -0.4 is 4.90 Å². The smallest absolute Gasteiger partial charge is 0.101 e. The van der Waals surface area contributed by atoms with Gasteiger partial charge in [0.25, 0.3) is 0 Å². The molecule has 1 saturated heterocycles. The Bertz CT molecular complexity index is 677. The molecule has 0 unspecified atom stereocenters. The fourth-order valence-corrected chi connectivity index (χ4v) is 2.90. The van der Waals surface area contributed by atoms with E-state index in [-0.39, 0.29) is 37.0 Å². The van der Waals surface area contributed by atoms with E-state index in [4.69, 9.17) is 4.74 Å². The zero-order valence-corrected chi connectivity index (χ0v) is 14.2. The first-order valence-electron chi connectivity index (χ1n) is 6.87. The third-order valence-electron chi connectivity index (χ3n) is 3.63. The van der Waals surface area contributed by atoms with Crippen LogP contribution in [0.15, 0.2) is 30.5 Å². The van der Waals surface area contributed by atoms with Crippen molar-refractivity contribution in [3.63, 3.8) is 0 Å². The Hall–Kier alpha value is -1.54. The lowest BCUT2D eigenvalue weighted by atomic mass is 10.1. The van der Waals surface area contributed by atoms with Gasteiger partial charge >= 0.3 is 0 Å². The lowest BCUT2D eigenvalue weighted by Gasteiger charge is -2.37. The topological polar surface area (TPSA) is 49.2 Å². The highest BCUT2D eigenvalue weighted by Gasteiger charge is 2.24. The number of morpholine rings is 1. The number of hydrogen-bond acceptors (Lipinski definition) is 4. The molecule has 0 bridgehead atoms. The minimum Gasteiger partial charge on any atom is -0.372 e. The van der Waals surface area contributed by atoms with Gasteiger partial charge < -0.3 is 9.64 Å². The summed E-state index contributed by atoms with van der Waals surface area (Å²) in [6.45, 7) is 5.90. The summed E-state index contributed by atoms with van der Waals surface area (Å²) in [6, 6.07) is 10.0. The first-order valence-corrected chi connectivity index (χ1v) is 6.87. The second-order valence-corrected chi connectivity index (χ2v) is 5.31. The van der Waals surface area contributed by atoms with Crippen LogP contribution in [-0.2, 0) is 4.74 Å². The predicted molar refractivity (Wildman–Crippen MR) is 93.2 cm³/mol. The molecule has 118 valence electrons. The van der Waals surface area contributed by atoms with Gasteiger partial charge in [-0.05, 0) is 38.1 Å². The van der Waals surface area contributed by atoms with Crippen LogP contribution in [0, 0.1) is 11.3 Å². The van der Waals surface area contributed by atoms with Crippen molar-refractivity contribution >= 4 is 41.4 Å². The molecule has 0 spiro atoms. The molecule has 1 aliphatic rings. The van der Waals surface area contributed by atoms with E-state index in [1.54, 1.807) is 6.20 Å². The average Bonchev–Trinajstić information content (AvgIpc) is 2.45. The number of anilines is 1. The van der Waals surface area contributed by atoms with Crippen LogP contribution in [0.2, 0.25) is 0 Å². The zero-order chi connectivity index (χ0) is 14.1. The highest BCUT2D eigenvalue weighted by atomic mass is 35.5. The summed E-state index contributed by atoms with van der Waals surface area (Å²) >= 11 is 0. The number of pyridine rings is 1. The molecule has 0 amide bonds. The molecule has 0 saturated carbocycles. The van der Waals surface area contributed by atoms with Gasteiger partial charge in [-0.15, -0.1) is 24.8 Å². The Morgan fingerprint density at radius 3 is 2.50 bits per heavy atom. The number of halogens is 2. The first kappa shape index (κ1) is 18.5. The van der Waals surface area contributed by atoms with E-state index in [2.05, 4.69) is 29.8 Å². The van der Waals surface area contributed by atoms with Gasteiger partial charge in [0.1, 0.15) is 6.07 Å². The van der Waals surface area contributed by atoms with E-state index in [0.717, 1.165) is 29.7 Å². The number of hydrogen-bond donors (Lipinski definition) is 0. The minimum atomic E-state index is 0. The molecule has 1 fully saturated rings. The quantitative estimate of drug-likeness (QED) is 0.796. The Morgan fingerprint density at radius 1 is 1.18 bits per heavy atom. The molecule has 1 aliphatic heterocycles. The molecule has 2 atom stereocenters. The molecular weight excluding hydrogens is 321 g/mol. The van der Waals surface area contributed by atoms with Gasteiger partial charge in [-0.3, -0.25) is 4.98 Å². The van der Waals surface area contributed by atoms with Crippen molar-refractivity contribution in [2.45, 2.75) is 26.1 Å². The number of ether oxygens (including phenoxy) is 1. The largest absolute Gasteiger partial charge is 0.372 e. The maximum atomic E-state index is 9.20. The van der Waals surface area contributed by atoms with Crippen LogP contribution in [0.3, 0.4) is 0 Å². The van der Waals surface area contributed by atoms with E-state index in [1.165, 1.54) is 0 Å². The highest BCUT2D eigenvalue weighted by molar-refractivity contribution is 5.95. The van der Waals surface area contributed by atoms with E-state index >= 15 is 0 Å². The summed E-state index contributed by atoms with van der Waals surface area (Å²) in [4.78, 5) is 6.69. The van der Waals surface area contributed by atoms with Crippen molar-refractivity contribution < 1.29 is 4.74 Å². The van der Waals surface area contributed by atoms with Gasteiger partial charge in [-0.25, -0.2) is 0 Å². The molecule has 0 N–H and O–H groups in total. The van der Waals surface area contributed by atoms with Crippen LogP contribution >= 0.6 is 24.8 Å². The van der Waals surface area contributed by atoms with Crippen LogP contribution in [0.5, 0.6) is 0 Å². The van der Waals surface area contributed by atoms with Crippen molar-refractivity contribution in [1.82, 2.24) is 4.98 Å². The maximum absolute atomic E-state index is 9.20. The van der Waals surface area contributed by atoms with E-state index in [0.29, 0.717) is 5.56 Å². The molecule has 0 aliphatic carbocycles. The second kappa shape index (κ2) is 7.64. The number of fused-ring (bicyclic) bond motifs is 1. The summed E-state index contributed by atoms with van der Waals surface area (Å²) in [7, 11) is 0. The van der Waals surface area contributed by atoms with E-state index < -0.39 is 0 Å². The summed E-state index contributed by atoms with van der Waals surface area (Å²) in [5.74, 6) is 0. The fraction of sp³-hybridized carbons (Fsp3) is 0.375. The van der Waals surface area contributed by atoms with Gasteiger partial charge in [0.05, 0.1) is 23.3 Å². The minimum absolute atomic E-state index is 0. The molecule has 0 radical (unpaired) electrons. The van der Waals surface area contributed by atoms with Crippen LogP contribution in [-0.4, -0.2) is 30.3 Å². The first-order chi connectivity index (χ1) is 9.69. The molecule has 6 heteroatoms. The van der Waals surface area contributed by atoms with Crippen molar-refractivity contribution in [2.75, 3.05) is 18.0 Å².